The molecular formula is C14H18N2O2S. The zero-order valence-electron chi connectivity index (χ0n) is 10.8. The predicted molar refractivity (Wildman–Crippen MR) is 77.4 cm³/mol. The number of nitrogens with one attached hydrogen (secondary N) is 1. The highest BCUT2D eigenvalue weighted by Gasteiger charge is 2.13. The van der Waals surface area contributed by atoms with Gasteiger partial charge in [-0.05, 0) is 36.2 Å². The molecule has 0 spiro atoms. The van der Waals surface area contributed by atoms with Crippen molar-refractivity contribution in [3.63, 3.8) is 0 Å². The summed E-state index contributed by atoms with van der Waals surface area (Å²) in [5, 5.41) is 1.94. The summed E-state index contributed by atoms with van der Waals surface area (Å²) in [7, 11) is -3.45. The molecule has 3 N–H and O–H groups in total. The third kappa shape index (κ3) is 3.53. The Labute approximate surface area is 113 Å². The maximum Gasteiger partial charge on any atom is 0.240 e. The normalized spacial score (nSPS) is 13.6. The second-order valence-corrected chi connectivity index (χ2v) is 6.44. The van der Waals surface area contributed by atoms with Crippen molar-refractivity contribution in [3.05, 3.63) is 42.5 Å². The number of hydrogen-bond acceptors (Lipinski definition) is 3. The molecule has 0 saturated carbocycles. The van der Waals surface area contributed by atoms with Crippen LogP contribution in [0.25, 0.3) is 10.8 Å². The van der Waals surface area contributed by atoms with Crippen molar-refractivity contribution in [1.82, 2.24) is 4.72 Å². The van der Waals surface area contributed by atoms with E-state index in [2.05, 4.69) is 4.72 Å². The van der Waals surface area contributed by atoms with Gasteiger partial charge in [-0.1, -0.05) is 30.3 Å². The number of rotatable bonds is 5. The summed E-state index contributed by atoms with van der Waals surface area (Å²) in [6, 6.07) is 12.8. The lowest BCUT2D eigenvalue weighted by atomic mass is 10.1. The third-order valence-electron chi connectivity index (χ3n) is 2.92. The van der Waals surface area contributed by atoms with Crippen LogP contribution >= 0.6 is 0 Å². The quantitative estimate of drug-likeness (QED) is 0.876. The second-order valence-electron chi connectivity index (χ2n) is 4.67. The molecule has 0 amide bonds. The van der Waals surface area contributed by atoms with E-state index in [1.54, 1.807) is 12.1 Å². The summed E-state index contributed by atoms with van der Waals surface area (Å²) in [6.07, 6.45) is 0.618. The fraction of sp³-hybridized carbons (Fsp3) is 0.286. The first-order chi connectivity index (χ1) is 8.99. The molecule has 1 unspecified atom stereocenters. The summed E-state index contributed by atoms with van der Waals surface area (Å²) in [6.45, 7) is 2.21. The fourth-order valence-corrected chi connectivity index (χ4v) is 2.92. The van der Waals surface area contributed by atoms with E-state index in [-0.39, 0.29) is 10.9 Å². The first kappa shape index (κ1) is 14.0. The van der Waals surface area contributed by atoms with Crippen LogP contribution in [-0.4, -0.2) is 21.0 Å². The molecule has 1 atom stereocenters. The Morgan fingerprint density at radius 1 is 1.16 bits per heavy atom. The van der Waals surface area contributed by atoms with E-state index in [4.69, 9.17) is 5.73 Å². The van der Waals surface area contributed by atoms with Gasteiger partial charge < -0.3 is 5.73 Å². The van der Waals surface area contributed by atoms with Gasteiger partial charge in [0.25, 0.3) is 0 Å². The van der Waals surface area contributed by atoms with Crippen molar-refractivity contribution >= 4 is 20.8 Å². The number of sulfonamides is 1. The maximum absolute atomic E-state index is 12.1. The average molecular weight is 278 g/mol. The summed E-state index contributed by atoms with van der Waals surface area (Å²) in [5.41, 5.74) is 5.60. The van der Waals surface area contributed by atoms with Crippen LogP contribution in [-0.2, 0) is 10.0 Å². The van der Waals surface area contributed by atoms with Crippen LogP contribution in [0, 0.1) is 0 Å². The Kier molecular flexibility index (Phi) is 4.19. The highest BCUT2D eigenvalue weighted by molar-refractivity contribution is 7.89. The molecule has 0 saturated heterocycles. The highest BCUT2D eigenvalue weighted by Crippen LogP contribution is 2.18. The molecule has 102 valence electrons. The molecule has 0 aliphatic rings. The average Bonchev–Trinajstić information content (AvgIpc) is 2.37. The number of nitrogens with two attached hydrogens (primary N) is 1. The number of benzene rings is 2. The van der Waals surface area contributed by atoms with Crippen LogP contribution in [0.15, 0.2) is 47.4 Å². The third-order valence-corrected chi connectivity index (χ3v) is 4.38. The molecule has 2 rings (SSSR count). The monoisotopic (exact) mass is 278 g/mol. The van der Waals surface area contributed by atoms with Gasteiger partial charge in [0.05, 0.1) is 4.90 Å². The van der Waals surface area contributed by atoms with Crippen LogP contribution in [0.5, 0.6) is 0 Å². The Morgan fingerprint density at radius 2 is 1.84 bits per heavy atom. The summed E-state index contributed by atoms with van der Waals surface area (Å²) < 4.78 is 26.8. The molecule has 2 aromatic rings. The van der Waals surface area contributed by atoms with Crippen LogP contribution in [0.2, 0.25) is 0 Å². The molecule has 0 aliphatic carbocycles. The van der Waals surface area contributed by atoms with Crippen LogP contribution < -0.4 is 10.5 Å². The Balaban J connectivity index is 2.22. The Hall–Kier alpha value is -1.43. The summed E-state index contributed by atoms with van der Waals surface area (Å²) >= 11 is 0. The molecule has 0 aromatic heterocycles. The minimum Gasteiger partial charge on any atom is -0.328 e. The first-order valence-electron chi connectivity index (χ1n) is 6.23. The van der Waals surface area contributed by atoms with Gasteiger partial charge in [0.1, 0.15) is 0 Å². The van der Waals surface area contributed by atoms with Gasteiger partial charge >= 0.3 is 0 Å². The van der Waals surface area contributed by atoms with Crippen molar-refractivity contribution in [2.24, 2.45) is 5.73 Å². The van der Waals surface area contributed by atoms with E-state index in [1.165, 1.54) is 0 Å². The lowest BCUT2D eigenvalue weighted by Gasteiger charge is -2.09. The van der Waals surface area contributed by atoms with Crippen molar-refractivity contribution in [1.29, 1.82) is 0 Å². The highest BCUT2D eigenvalue weighted by atomic mass is 32.2. The lowest BCUT2D eigenvalue weighted by Crippen LogP contribution is -2.29. The number of fused-ring (bicyclic) bond motifs is 1. The standard InChI is InChI=1S/C14H18N2O2S/c1-11(15)8-9-16-19(17,18)14-7-6-12-4-2-3-5-13(12)10-14/h2-7,10-11,16H,8-9,15H2,1H3. The van der Waals surface area contributed by atoms with E-state index < -0.39 is 10.0 Å². The first-order valence-corrected chi connectivity index (χ1v) is 7.71. The van der Waals surface area contributed by atoms with Crippen molar-refractivity contribution in [3.8, 4) is 0 Å². The molecule has 0 bridgehead atoms. The van der Waals surface area contributed by atoms with Gasteiger partial charge in [-0.2, -0.15) is 0 Å². The Morgan fingerprint density at radius 3 is 2.53 bits per heavy atom. The Bertz CT molecular complexity index is 666. The molecule has 5 heteroatoms. The fourth-order valence-electron chi connectivity index (χ4n) is 1.84. The molecular weight excluding hydrogens is 260 g/mol. The SMILES string of the molecule is CC(N)CCNS(=O)(=O)c1ccc2ccccc2c1. The van der Waals surface area contributed by atoms with Gasteiger partial charge in [-0.3, -0.25) is 0 Å². The molecule has 0 heterocycles. The smallest absolute Gasteiger partial charge is 0.240 e. The van der Waals surface area contributed by atoms with Crippen LogP contribution in [0.4, 0.5) is 0 Å². The van der Waals surface area contributed by atoms with Gasteiger partial charge in [0, 0.05) is 12.6 Å². The van der Waals surface area contributed by atoms with Crippen LogP contribution in [0.1, 0.15) is 13.3 Å². The van der Waals surface area contributed by atoms with E-state index in [1.807, 2.05) is 37.3 Å². The van der Waals surface area contributed by atoms with E-state index in [9.17, 15) is 8.42 Å². The largest absolute Gasteiger partial charge is 0.328 e. The molecule has 0 fully saturated rings. The van der Waals surface area contributed by atoms with E-state index in [0.717, 1.165) is 10.8 Å². The van der Waals surface area contributed by atoms with E-state index in [0.29, 0.717) is 13.0 Å². The minimum absolute atomic E-state index is 0.0145. The molecule has 19 heavy (non-hydrogen) atoms. The minimum atomic E-state index is -3.45. The van der Waals surface area contributed by atoms with Crippen LogP contribution in [0.3, 0.4) is 0 Å². The predicted octanol–water partition coefficient (Wildman–Crippen LogP) is 1.86. The van der Waals surface area contributed by atoms with Crippen molar-refractivity contribution < 1.29 is 8.42 Å². The maximum atomic E-state index is 12.1. The molecule has 2 aromatic carbocycles. The summed E-state index contributed by atoms with van der Waals surface area (Å²) in [5.74, 6) is 0. The number of hydrogen-bond donors (Lipinski definition) is 2. The second kappa shape index (κ2) is 5.69. The van der Waals surface area contributed by atoms with Gasteiger partial charge in [-0.25, -0.2) is 13.1 Å². The zero-order chi connectivity index (χ0) is 13.9. The van der Waals surface area contributed by atoms with Gasteiger partial charge in [-0.15, -0.1) is 0 Å². The van der Waals surface area contributed by atoms with E-state index >= 15 is 0 Å². The molecule has 0 aliphatic heterocycles. The molecule has 4 nitrogen and oxygen atoms in total. The summed E-state index contributed by atoms with van der Waals surface area (Å²) in [4.78, 5) is 0.288. The van der Waals surface area contributed by atoms with Crippen molar-refractivity contribution in [2.75, 3.05) is 6.54 Å². The van der Waals surface area contributed by atoms with Crippen molar-refractivity contribution in [2.45, 2.75) is 24.3 Å². The lowest BCUT2D eigenvalue weighted by molar-refractivity contribution is 0.572. The van der Waals surface area contributed by atoms with Gasteiger partial charge in [0.2, 0.25) is 10.0 Å². The zero-order valence-corrected chi connectivity index (χ0v) is 11.7. The topological polar surface area (TPSA) is 72.2 Å². The molecule has 0 radical (unpaired) electrons. The van der Waals surface area contributed by atoms with Gasteiger partial charge in [0.15, 0.2) is 0 Å².